The number of aromatic nitrogens is 2. The van der Waals surface area contributed by atoms with Gasteiger partial charge in [0.05, 0.1) is 6.42 Å². The highest BCUT2D eigenvalue weighted by Crippen LogP contribution is 2.20. The molecule has 0 aliphatic carbocycles. The van der Waals surface area contributed by atoms with Gasteiger partial charge in [0.2, 0.25) is 0 Å². The maximum atomic E-state index is 2.39. The molecule has 0 aliphatic heterocycles. The van der Waals surface area contributed by atoms with Crippen LogP contribution in [0.2, 0.25) is 0 Å². The van der Waals surface area contributed by atoms with Gasteiger partial charge in [0, 0.05) is 0 Å². The molecule has 2 heteroatoms. The third-order valence-corrected chi connectivity index (χ3v) is 3.57. The topological polar surface area (TPSA) is 8.81 Å². The van der Waals surface area contributed by atoms with Crippen molar-refractivity contribution in [1.82, 2.24) is 4.57 Å². The van der Waals surface area contributed by atoms with E-state index in [1.807, 2.05) is 0 Å². The zero-order valence-electron chi connectivity index (χ0n) is 13.6. The van der Waals surface area contributed by atoms with E-state index in [9.17, 15) is 0 Å². The molecule has 0 bridgehead atoms. The zero-order valence-corrected chi connectivity index (χ0v) is 13.6. The predicted molar refractivity (Wildman–Crippen MR) is 83.9 cm³/mol. The molecule has 20 heavy (non-hydrogen) atoms. The minimum Gasteiger partial charge on any atom is -0.229 e. The largest absolute Gasteiger partial charge is 0.261 e. The zero-order chi connectivity index (χ0) is 15.0. The first-order valence-corrected chi connectivity index (χ1v) is 7.36. The molecule has 2 nitrogen and oxygen atoms in total. The van der Waals surface area contributed by atoms with Gasteiger partial charge in [0.25, 0.3) is 5.82 Å². The van der Waals surface area contributed by atoms with Crippen molar-refractivity contribution < 1.29 is 4.57 Å². The normalized spacial score (nSPS) is 12.7. The molecule has 1 heterocycles. The van der Waals surface area contributed by atoms with Gasteiger partial charge in [-0.2, -0.15) is 0 Å². The van der Waals surface area contributed by atoms with Crippen LogP contribution in [0.1, 0.15) is 52.9 Å². The van der Waals surface area contributed by atoms with Crippen LogP contribution in [-0.2, 0) is 17.5 Å². The summed E-state index contributed by atoms with van der Waals surface area (Å²) in [5.41, 5.74) is 1.55. The lowest BCUT2D eigenvalue weighted by molar-refractivity contribution is -0.759. The molecule has 2 rings (SSSR count). The third kappa shape index (κ3) is 3.12. The number of imidazole rings is 1. The van der Waals surface area contributed by atoms with Crippen molar-refractivity contribution >= 4 is 0 Å². The molecule has 0 fully saturated rings. The van der Waals surface area contributed by atoms with Gasteiger partial charge in [-0.15, -0.1) is 0 Å². The molecule has 0 saturated carbocycles. The Kier molecular flexibility index (Phi) is 3.77. The van der Waals surface area contributed by atoms with E-state index in [-0.39, 0.29) is 11.1 Å². The van der Waals surface area contributed by atoms with Crippen LogP contribution in [0.4, 0.5) is 0 Å². The molecule has 0 atom stereocenters. The van der Waals surface area contributed by atoms with E-state index < -0.39 is 0 Å². The fourth-order valence-corrected chi connectivity index (χ4v) is 2.59. The highest BCUT2D eigenvalue weighted by molar-refractivity contribution is 5.18. The lowest BCUT2D eigenvalue weighted by Gasteiger charge is -2.21. The predicted octanol–water partition coefficient (Wildman–Crippen LogP) is 3.88. The summed E-state index contributed by atoms with van der Waals surface area (Å²) < 4.78 is 4.79. The van der Waals surface area contributed by atoms with Crippen LogP contribution >= 0.6 is 0 Å². The minimum atomic E-state index is 0.0978. The van der Waals surface area contributed by atoms with Crippen molar-refractivity contribution in [3.63, 3.8) is 0 Å². The standard InChI is InChI=1S/C18H27N2/c1-17(2,3)19-12-13-20(18(4,5)6)16(19)14-15-10-8-7-9-11-15/h7-13H,14H2,1-6H3/q+1. The average molecular weight is 271 g/mol. The fraction of sp³-hybridized carbons (Fsp3) is 0.500. The van der Waals surface area contributed by atoms with Crippen LogP contribution < -0.4 is 4.57 Å². The van der Waals surface area contributed by atoms with Gasteiger partial charge in [-0.25, -0.2) is 9.13 Å². The SMILES string of the molecule is CC(C)(C)n1cc[n+](C(C)(C)C)c1Cc1ccccc1. The van der Waals surface area contributed by atoms with Crippen LogP contribution in [-0.4, -0.2) is 4.57 Å². The Morgan fingerprint density at radius 3 is 2.05 bits per heavy atom. The van der Waals surface area contributed by atoms with Crippen LogP contribution in [0.25, 0.3) is 0 Å². The Labute approximate surface area is 123 Å². The van der Waals surface area contributed by atoms with Crippen molar-refractivity contribution in [1.29, 1.82) is 0 Å². The maximum absolute atomic E-state index is 2.39. The number of nitrogens with zero attached hydrogens (tertiary/aromatic N) is 2. The number of hydrogen-bond donors (Lipinski definition) is 0. The van der Waals surface area contributed by atoms with E-state index in [1.165, 1.54) is 11.4 Å². The highest BCUT2D eigenvalue weighted by Gasteiger charge is 2.31. The number of hydrogen-bond acceptors (Lipinski definition) is 0. The summed E-state index contributed by atoms with van der Waals surface area (Å²) in [6.45, 7) is 13.6. The molecule has 108 valence electrons. The van der Waals surface area contributed by atoms with Gasteiger partial charge in [-0.1, -0.05) is 30.3 Å². The molecule has 0 radical (unpaired) electrons. The Balaban J connectivity index is 2.50. The first kappa shape index (κ1) is 14.8. The Hall–Kier alpha value is -1.57. The molecule has 2 aromatic rings. The van der Waals surface area contributed by atoms with E-state index in [0.29, 0.717) is 0 Å². The molecule has 0 unspecified atom stereocenters. The highest BCUT2D eigenvalue weighted by atomic mass is 15.2. The first-order valence-electron chi connectivity index (χ1n) is 7.36. The van der Waals surface area contributed by atoms with Gasteiger partial charge in [0.1, 0.15) is 23.5 Å². The lowest BCUT2D eigenvalue weighted by atomic mass is 10.1. The summed E-state index contributed by atoms with van der Waals surface area (Å²) in [5.74, 6) is 1.36. The van der Waals surface area contributed by atoms with Gasteiger partial charge < -0.3 is 0 Å². The summed E-state index contributed by atoms with van der Waals surface area (Å²) in [7, 11) is 0. The summed E-state index contributed by atoms with van der Waals surface area (Å²) in [6, 6.07) is 10.7. The van der Waals surface area contributed by atoms with Gasteiger partial charge >= 0.3 is 0 Å². The lowest BCUT2D eigenvalue weighted by Crippen LogP contribution is -2.52. The van der Waals surface area contributed by atoms with Crippen molar-refractivity contribution in [2.24, 2.45) is 0 Å². The quantitative estimate of drug-likeness (QED) is 0.733. The van der Waals surface area contributed by atoms with E-state index in [2.05, 4.69) is 93.4 Å². The van der Waals surface area contributed by atoms with Crippen molar-refractivity contribution in [2.45, 2.75) is 59.0 Å². The molecule has 0 saturated heterocycles. The fourth-order valence-electron chi connectivity index (χ4n) is 2.59. The van der Waals surface area contributed by atoms with E-state index in [1.54, 1.807) is 0 Å². The molecule has 0 spiro atoms. The van der Waals surface area contributed by atoms with Gasteiger partial charge in [0.15, 0.2) is 0 Å². The first-order chi connectivity index (χ1) is 9.19. The average Bonchev–Trinajstić information content (AvgIpc) is 2.73. The molecule has 0 aliphatic rings. The second-order valence-corrected chi connectivity index (χ2v) is 7.46. The Morgan fingerprint density at radius 2 is 1.55 bits per heavy atom. The third-order valence-electron chi connectivity index (χ3n) is 3.57. The van der Waals surface area contributed by atoms with E-state index in [0.717, 1.165) is 6.42 Å². The second-order valence-electron chi connectivity index (χ2n) is 7.46. The second kappa shape index (κ2) is 5.08. The van der Waals surface area contributed by atoms with Crippen molar-refractivity contribution in [3.8, 4) is 0 Å². The number of rotatable bonds is 2. The minimum absolute atomic E-state index is 0.0978. The summed E-state index contributed by atoms with van der Waals surface area (Å²) >= 11 is 0. The van der Waals surface area contributed by atoms with Crippen molar-refractivity contribution in [2.75, 3.05) is 0 Å². The summed E-state index contributed by atoms with van der Waals surface area (Å²) in [4.78, 5) is 0. The van der Waals surface area contributed by atoms with E-state index >= 15 is 0 Å². The smallest absolute Gasteiger partial charge is 0.229 e. The maximum Gasteiger partial charge on any atom is 0.261 e. The van der Waals surface area contributed by atoms with Crippen LogP contribution in [0.5, 0.6) is 0 Å². The molecule has 1 aromatic carbocycles. The summed E-state index contributed by atoms with van der Waals surface area (Å²) in [6.07, 6.45) is 5.38. The Bertz CT molecular complexity index is 534. The van der Waals surface area contributed by atoms with Crippen LogP contribution in [0.3, 0.4) is 0 Å². The monoisotopic (exact) mass is 271 g/mol. The van der Waals surface area contributed by atoms with E-state index in [4.69, 9.17) is 0 Å². The molecule has 0 N–H and O–H groups in total. The summed E-state index contributed by atoms with van der Waals surface area (Å²) in [5, 5.41) is 0. The number of benzene rings is 1. The molecule has 1 aromatic heterocycles. The van der Waals surface area contributed by atoms with Gasteiger partial charge in [-0.05, 0) is 47.1 Å². The molecule has 0 amide bonds. The molecular weight excluding hydrogens is 244 g/mol. The van der Waals surface area contributed by atoms with Crippen LogP contribution in [0.15, 0.2) is 42.7 Å². The van der Waals surface area contributed by atoms with Gasteiger partial charge in [-0.3, -0.25) is 0 Å². The van der Waals surface area contributed by atoms with Crippen molar-refractivity contribution in [3.05, 3.63) is 54.1 Å². The van der Waals surface area contributed by atoms with Crippen LogP contribution in [0, 0.1) is 0 Å². The Morgan fingerprint density at radius 1 is 0.950 bits per heavy atom. The molecular formula is C18H27N2+.